The van der Waals surface area contributed by atoms with Crippen LogP contribution in [0.15, 0.2) is 18.3 Å². The lowest BCUT2D eigenvalue weighted by molar-refractivity contribution is 0.0820. The Kier molecular flexibility index (Phi) is 4.45. The van der Waals surface area contributed by atoms with Gasteiger partial charge in [0.2, 0.25) is 0 Å². The Hall–Kier alpha value is -1.62. The maximum atomic E-state index is 12.0. The van der Waals surface area contributed by atoms with Crippen LogP contribution < -0.4 is 10.6 Å². The predicted octanol–water partition coefficient (Wildman–Crippen LogP) is 1.28. The van der Waals surface area contributed by atoms with E-state index >= 15 is 0 Å². The summed E-state index contributed by atoms with van der Waals surface area (Å²) >= 11 is 0. The van der Waals surface area contributed by atoms with Gasteiger partial charge in [-0.15, -0.1) is 0 Å². The SMILES string of the molecule is CNc1cc(C(=O)NC(C)(C)COC)ccn1. The monoisotopic (exact) mass is 237 g/mol. The molecule has 94 valence electrons. The van der Waals surface area contributed by atoms with E-state index in [0.717, 1.165) is 0 Å². The fraction of sp³-hybridized carbons (Fsp3) is 0.500. The predicted molar refractivity (Wildman–Crippen MR) is 67.2 cm³/mol. The number of hydrogen-bond acceptors (Lipinski definition) is 4. The highest BCUT2D eigenvalue weighted by Gasteiger charge is 2.21. The number of methoxy groups -OCH3 is 1. The Morgan fingerprint density at radius 2 is 2.24 bits per heavy atom. The van der Waals surface area contributed by atoms with E-state index in [2.05, 4.69) is 15.6 Å². The van der Waals surface area contributed by atoms with Crippen molar-refractivity contribution in [1.82, 2.24) is 10.3 Å². The molecule has 5 nitrogen and oxygen atoms in total. The van der Waals surface area contributed by atoms with Gasteiger partial charge in [0, 0.05) is 25.9 Å². The number of anilines is 1. The molecule has 0 saturated carbocycles. The average molecular weight is 237 g/mol. The van der Waals surface area contributed by atoms with Crippen molar-refractivity contribution >= 4 is 11.7 Å². The maximum Gasteiger partial charge on any atom is 0.251 e. The Balaban J connectivity index is 2.75. The molecular weight excluding hydrogens is 218 g/mol. The summed E-state index contributed by atoms with van der Waals surface area (Å²) < 4.78 is 5.05. The molecule has 1 aromatic heterocycles. The van der Waals surface area contributed by atoms with Gasteiger partial charge in [0.25, 0.3) is 5.91 Å². The van der Waals surface area contributed by atoms with Gasteiger partial charge in [0.05, 0.1) is 12.1 Å². The van der Waals surface area contributed by atoms with Gasteiger partial charge in [0.15, 0.2) is 0 Å². The lowest BCUT2D eigenvalue weighted by atomic mass is 10.1. The van der Waals surface area contributed by atoms with Crippen LogP contribution in [0, 0.1) is 0 Å². The zero-order chi connectivity index (χ0) is 12.9. The third-order valence-electron chi connectivity index (χ3n) is 2.24. The standard InChI is InChI=1S/C12H19N3O2/c1-12(2,8-17-4)15-11(16)9-5-6-14-10(7-9)13-3/h5-7H,8H2,1-4H3,(H,13,14)(H,15,16). The molecule has 5 heteroatoms. The molecule has 1 rings (SSSR count). The van der Waals surface area contributed by atoms with Crippen LogP contribution in [0.5, 0.6) is 0 Å². The minimum atomic E-state index is -0.394. The number of pyridine rings is 1. The van der Waals surface area contributed by atoms with Crippen LogP contribution in [-0.2, 0) is 4.74 Å². The molecule has 2 N–H and O–H groups in total. The van der Waals surface area contributed by atoms with Gasteiger partial charge in [-0.25, -0.2) is 4.98 Å². The second-order valence-corrected chi connectivity index (χ2v) is 4.45. The summed E-state index contributed by atoms with van der Waals surface area (Å²) in [6.07, 6.45) is 1.60. The smallest absolute Gasteiger partial charge is 0.251 e. The van der Waals surface area contributed by atoms with Crippen molar-refractivity contribution < 1.29 is 9.53 Å². The summed E-state index contributed by atoms with van der Waals surface area (Å²) in [7, 11) is 3.37. The third-order valence-corrected chi connectivity index (χ3v) is 2.24. The molecule has 0 aliphatic carbocycles. The molecule has 0 aliphatic heterocycles. The third kappa shape index (κ3) is 4.03. The van der Waals surface area contributed by atoms with Crippen molar-refractivity contribution in [2.45, 2.75) is 19.4 Å². The first-order chi connectivity index (χ1) is 7.98. The average Bonchev–Trinajstić information content (AvgIpc) is 2.28. The van der Waals surface area contributed by atoms with Gasteiger partial charge >= 0.3 is 0 Å². The van der Waals surface area contributed by atoms with Gasteiger partial charge in [-0.1, -0.05) is 0 Å². The fourth-order valence-electron chi connectivity index (χ4n) is 1.48. The number of nitrogens with one attached hydrogen (secondary N) is 2. The van der Waals surface area contributed by atoms with Crippen molar-refractivity contribution in [2.75, 3.05) is 26.1 Å². The van der Waals surface area contributed by atoms with Crippen LogP contribution in [0.1, 0.15) is 24.2 Å². The van der Waals surface area contributed by atoms with Crippen LogP contribution >= 0.6 is 0 Å². The summed E-state index contributed by atoms with van der Waals surface area (Å²) in [5.74, 6) is 0.535. The van der Waals surface area contributed by atoms with Gasteiger partial charge in [0.1, 0.15) is 5.82 Å². The molecule has 0 fully saturated rings. The number of ether oxygens (including phenoxy) is 1. The number of aromatic nitrogens is 1. The number of hydrogen-bond donors (Lipinski definition) is 2. The number of carbonyl (C=O) groups excluding carboxylic acids is 1. The van der Waals surface area contributed by atoms with E-state index in [1.807, 2.05) is 13.8 Å². The van der Waals surface area contributed by atoms with Crippen molar-refractivity contribution in [1.29, 1.82) is 0 Å². The highest BCUT2D eigenvalue weighted by atomic mass is 16.5. The minimum Gasteiger partial charge on any atom is -0.382 e. The van der Waals surface area contributed by atoms with E-state index in [9.17, 15) is 4.79 Å². The Morgan fingerprint density at radius 1 is 1.53 bits per heavy atom. The zero-order valence-corrected chi connectivity index (χ0v) is 10.7. The number of nitrogens with zero attached hydrogens (tertiary/aromatic N) is 1. The molecule has 1 amide bonds. The van der Waals surface area contributed by atoms with E-state index in [4.69, 9.17) is 4.74 Å². The molecule has 1 aromatic rings. The van der Waals surface area contributed by atoms with Crippen LogP contribution in [0.4, 0.5) is 5.82 Å². The van der Waals surface area contributed by atoms with Crippen LogP contribution in [0.25, 0.3) is 0 Å². The lowest BCUT2D eigenvalue weighted by Crippen LogP contribution is -2.46. The fourth-order valence-corrected chi connectivity index (χ4v) is 1.48. The molecule has 0 atom stereocenters. The molecule has 0 bridgehead atoms. The largest absolute Gasteiger partial charge is 0.382 e. The highest BCUT2D eigenvalue weighted by Crippen LogP contribution is 2.09. The highest BCUT2D eigenvalue weighted by molar-refractivity contribution is 5.95. The molecule has 0 aromatic carbocycles. The summed E-state index contributed by atoms with van der Waals surface area (Å²) in [6, 6.07) is 3.39. The van der Waals surface area contributed by atoms with Crippen LogP contribution in [-0.4, -0.2) is 37.2 Å². The van der Waals surface area contributed by atoms with Crippen LogP contribution in [0.3, 0.4) is 0 Å². The number of rotatable bonds is 5. The van der Waals surface area contributed by atoms with E-state index in [0.29, 0.717) is 18.0 Å². The Labute approximate surface area is 102 Å². The van der Waals surface area contributed by atoms with E-state index < -0.39 is 5.54 Å². The van der Waals surface area contributed by atoms with Crippen molar-refractivity contribution in [3.05, 3.63) is 23.9 Å². The normalized spacial score (nSPS) is 11.1. The van der Waals surface area contributed by atoms with E-state index in [1.165, 1.54) is 0 Å². The summed E-state index contributed by atoms with van der Waals surface area (Å²) in [4.78, 5) is 16.0. The second kappa shape index (κ2) is 5.63. The molecule has 17 heavy (non-hydrogen) atoms. The molecule has 0 radical (unpaired) electrons. The Bertz CT molecular complexity index is 391. The molecular formula is C12H19N3O2. The van der Waals surface area contributed by atoms with Gasteiger partial charge < -0.3 is 15.4 Å². The summed E-state index contributed by atoms with van der Waals surface area (Å²) in [5.41, 5.74) is 0.183. The maximum absolute atomic E-state index is 12.0. The second-order valence-electron chi connectivity index (χ2n) is 4.45. The summed E-state index contributed by atoms with van der Waals surface area (Å²) in [6.45, 7) is 4.28. The van der Waals surface area contributed by atoms with Crippen molar-refractivity contribution in [3.63, 3.8) is 0 Å². The number of carbonyl (C=O) groups is 1. The minimum absolute atomic E-state index is 0.133. The lowest BCUT2D eigenvalue weighted by Gasteiger charge is -2.25. The topological polar surface area (TPSA) is 63.2 Å². The quantitative estimate of drug-likeness (QED) is 0.809. The van der Waals surface area contributed by atoms with Gasteiger partial charge in [-0.2, -0.15) is 0 Å². The zero-order valence-electron chi connectivity index (χ0n) is 10.7. The molecule has 0 aliphatic rings. The first-order valence-corrected chi connectivity index (χ1v) is 5.44. The number of amides is 1. The van der Waals surface area contributed by atoms with Gasteiger partial charge in [-0.05, 0) is 26.0 Å². The summed E-state index contributed by atoms with van der Waals surface area (Å²) in [5, 5.41) is 5.80. The molecule has 0 saturated heterocycles. The first kappa shape index (κ1) is 13.4. The van der Waals surface area contributed by atoms with Crippen molar-refractivity contribution in [3.8, 4) is 0 Å². The first-order valence-electron chi connectivity index (χ1n) is 5.44. The van der Waals surface area contributed by atoms with Crippen LogP contribution in [0.2, 0.25) is 0 Å². The molecule has 0 unspecified atom stereocenters. The molecule has 0 spiro atoms. The van der Waals surface area contributed by atoms with E-state index in [-0.39, 0.29) is 5.91 Å². The molecule has 1 heterocycles. The van der Waals surface area contributed by atoms with E-state index in [1.54, 1.807) is 32.5 Å². The van der Waals surface area contributed by atoms with Crippen molar-refractivity contribution in [2.24, 2.45) is 0 Å². The van der Waals surface area contributed by atoms with Gasteiger partial charge in [-0.3, -0.25) is 4.79 Å². The Morgan fingerprint density at radius 3 is 2.82 bits per heavy atom.